The number of benzene rings is 1. The molecule has 7 heteroatoms. The Labute approximate surface area is 97.9 Å². The first kappa shape index (κ1) is 11.7. The molecule has 1 aromatic carbocycles. The van der Waals surface area contributed by atoms with E-state index in [-0.39, 0.29) is 0 Å². The summed E-state index contributed by atoms with van der Waals surface area (Å²) in [7, 11) is -4.46. The van der Waals surface area contributed by atoms with Gasteiger partial charge in [-0.3, -0.25) is 0 Å². The summed E-state index contributed by atoms with van der Waals surface area (Å²) in [5, 5.41) is 8.66. The molecular weight excluding hydrogens is 219 g/mol. The third kappa shape index (κ3) is 2.55. The third-order valence-corrected chi connectivity index (χ3v) is 3.16. The van der Waals surface area contributed by atoms with E-state index in [4.69, 9.17) is 9.66 Å². The van der Waals surface area contributed by atoms with Crippen LogP contribution in [0.1, 0.15) is 10.4 Å². The van der Waals surface area contributed by atoms with E-state index in [0.29, 0.717) is 30.7 Å². The summed E-state index contributed by atoms with van der Waals surface area (Å²) in [5.41, 5.74) is -0.410. The van der Waals surface area contributed by atoms with Gasteiger partial charge in [0.05, 0.1) is 0 Å². The average Bonchev–Trinajstić information content (AvgIpc) is 2.01. The molecular formula is C7H5NaO5S. The molecule has 0 unspecified atom stereocenters. The van der Waals surface area contributed by atoms with Crippen molar-refractivity contribution in [2.45, 2.75) is 4.90 Å². The molecule has 70 valence electrons. The number of carbonyl (C=O) groups is 1. The summed E-state index contributed by atoms with van der Waals surface area (Å²) in [6.45, 7) is 0. The molecule has 1 rings (SSSR count). The van der Waals surface area contributed by atoms with Crippen LogP contribution in [0.2, 0.25) is 0 Å². The minimum atomic E-state index is -4.46. The van der Waals surface area contributed by atoms with Crippen molar-refractivity contribution in [2.24, 2.45) is 0 Å². The molecule has 0 aliphatic heterocycles. The number of carboxylic acids is 1. The van der Waals surface area contributed by atoms with Crippen LogP contribution in [0.3, 0.4) is 0 Å². The molecule has 0 aliphatic carbocycles. The van der Waals surface area contributed by atoms with Crippen LogP contribution < -0.4 is 2.81 Å². The zero-order valence-electron chi connectivity index (χ0n) is 7.26. The second-order valence-corrected chi connectivity index (χ2v) is 5.32. The van der Waals surface area contributed by atoms with Crippen molar-refractivity contribution in [1.29, 1.82) is 0 Å². The molecule has 0 saturated heterocycles. The normalized spacial score (nSPS) is 11.4. The van der Waals surface area contributed by atoms with E-state index in [0.717, 1.165) is 0 Å². The number of hydrogen-bond acceptors (Lipinski definition) is 3. The van der Waals surface area contributed by atoms with Crippen LogP contribution >= 0.6 is 0 Å². The van der Waals surface area contributed by atoms with Gasteiger partial charge in [-0.15, -0.1) is 0 Å². The molecule has 0 heterocycles. The molecule has 0 atom stereocenters. The number of aromatic carboxylic acids is 1. The Hall–Kier alpha value is -0.400. The van der Waals surface area contributed by atoms with E-state index in [2.05, 4.69) is 0 Å². The predicted octanol–water partition coefficient (Wildman–Crippen LogP) is -0.575. The van der Waals surface area contributed by atoms with E-state index in [1.807, 2.05) is 0 Å². The van der Waals surface area contributed by atoms with Crippen LogP contribution in [0.25, 0.3) is 0 Å². The molecule has 0 radical (unpaired) electrons. The van der Waals surface area contributed by atoms with Gasteiger partial charge in [0, 0.05) is 0 Å². The van der Waals surface area contributed by atoms with Gasteiger partial charge in [-0.25, -0.2) is 0 Å². The van der Waals surface area contributed by atoms with Crippen molar-refractivity contribution < 1.29 is 22.9 Å². The maximum absolute atomic E-state index is 10.8. The van der Waals surface area contributed by atoms with Crippen molar-refractivity contribution in [3.8, 4) is 0 Å². The molecule has 0 aliphatic rings. The maximum atomic E-state index is 10.8. The molecule has 0 saturated carbocycles. The number of hydrogen-bond donors (Lipinski definition) is 2. The van der Waals surface area contributed by atoms with Crippen molar-refractivity contribution in [2.75, 3.05) is 0 Å². The van der Waals surface area contributed by atoms with E-state index >= 15 is 0 Å². The van der Waals surface area contributed by atoms with Crippen molar-refractivity contribution in [3.63, 3.8) is 0 Å². The molecule has 0 spiro atoms. The Bertz CT molecular complexity index is 479. The summed E-state index contributed by atoms with van der Waals surface area (Å²) in [5.74, 6) is -1.38. The van der Waals surface area contributed by atoms with Crippen LogP contribution in [0.4, 0.5) is 0 Å². The van der Waals surface area contributed by atoms with Gasteiger partial charge in [0.2, 0.25) is 0 Å². The SMILES string of the molecule is O=C(O)c1cc[c]([Na])cc1S(=O)(=O)O. The molecule has 0 fully saturated rings. The van der Waals surface area contributed by atoms with E-state index in [1.54, 1.807) is 0 Å². The topological polar surface area (TPSA) is 91.7 Å². The van der Waals surface area contributed by atoms with Gasteiger partial charge in [-0.1, -0.05) is 0 Å². The van der Waals surface area contributed by atoms with Crippen molar-refractivity contribution in [3.05, 3.63) is 23.8 Å². The summed E-state index contributed by atoms with van der Waals surface area (Å²) < 4.78 is 31.1. The van der Waals surface area contributed by atoms with Gasteiger partial charge >= 0.3 is 98.4 Å². The zero-order chi connectivity index (χ0) is 10.9. The van der Waals surface area contributed by atoms with Gasteiger partial charge in [0.1, 0.15) is 0 Å². The molecule has 0 aromatic heterocycles. The fourth-order valence-corrected chi connectivity index (χ4v) is 2.45. The van der Waals surface area contributed by atoms with Crippen LogP contribution in [0.15, 0.2) is 23.1 Å². The van der Waals surface area contributed by atoms with Crippen molar-refractivity contribution in [1.82, 2.24) is 0 Å². The number of carboxylic acid groups (broad SMARTS) is 1. The Kier molecular flexibility index (Phi) is 3.33. The monoisotopic (exact) mass is 224 g/mol. The third-order valence-electron chi connectivity index (χ3n) is 1.65. The summed E-state index contributed by atoms with van der Waals surface area (Å²) in [6, 6.07) is 3.86. The van der Waals surface area contributed by atoms with E-state index in [1.165, 1.54) is 18.2 Å². The summed E-state index contributed by atoms with van der Waals surface area (Å²) in [4.78, 5) is 10.1. The average molecular weight is 224 g/mol. The zero-order valence-corrected chi connectivity index (χ0v) is 10.1. The van der Waals surface area contributed by atoms with Gasteiger partial charge in [-0.05, 0) is 0 Å². The van der Waals surface area contributed by atoms with E-state index < -0.39 is 26.5 Å². The second-order valence-electron chi connectivity index (χ2n) is 2.78. The molecule has 2 N–H and O–H groups in total. The Morgan fingerprint density at radius 2 is 1.93 bits per heavy atom. The van der Waals surface area contributed by atoms with Crippen LogP contribution in [-0.4, -0.2) is 52.0 Å². The van der Waals surface area contributed by atoms with E-state index in [9.17, 15) is 13.2 Å². The van der Waals surface area contributed by atoms with Gasteiger partial charge in [-0.2, -0.15) is 0 Å². The summed E-state index contributed by atoms with van der Waals surface area (Å²) >= 11 is 0.581. The molecule has 1 aromatic rings. The van der Waals surface area contributed by atoms with Gasteiger partial charge < -0.3 is 0 Å². The number of rotatable bonds is 2. The van der Waals surface area contributed by atoms with Crippen LogP contribution in [0, 0.1) is 0 Å². The first-order valence-electron chi connectivity index (χ1n) is 3.64. The minimum absolute atomic E-state index is 0.410. The quantitative estimate of drug-likeness (QED) is 0.518. The van der Waals surface area contributed by atoms with Crippen molar-refractivity contribution >= 4 is 46.8 Å². The molecule has 0 amide bonds. The second kappa shape index (κ2) is 4.00. The fraction of sp³-hybridized carbons (Fsp3) is 0. The standard InChI is InChI=1S/C7H5O5S.Na/c8-7(9)5-3-1-2-4-6(5)13(10,11)12;/h1,3-4H,(H,8,9)(H,10,11,12);. The van der Waals surface area contributed by atoms with Gasteiger partial charge in [0.15, 0.2) is 0 Å². The summed E-state index contributed by atoms with van der Waals surface area (Å²) in [6.07, 6.45) is 0. The first-order valence-corrected chi connectivity index (χ1v) is 6.08. The molecule has 5 nitrogen and oxygen atoms in total. The van der Waals surface area contributed by atoms with Gasteiger partial charge in [0.25, 0.3) is 0 Å². The molecule has 0 bridgehead atoms. The van der Waals surface area contributed by atoms with Crippen LogP contribution in [-0.2, 0) is 10.1 Å². The predicted molar refractivity (Wildman–Crippen MR) is 48.6 cm³/mol. The van der Waals surface area contributed by atoms with Crippen LogP contribution in [0.5, 0.6) is 0 Å². The Balaban J connectivity index is 3.54. The Morgan fingerprint density at radius 1 is 1.36 bits per heavy atom. The fourth-order valence-electron chi connectivity index (χ4n) is 1.02. The Morgan fingerprint density at radius 3 is 2.36 bits per heavy atom. The molecule has 14 heavy (non-hydrogen) atoms. The first-order chi connectivity index (χ1) is 6.32.